The second kappa shape index (κ2) is 9.67. The van der Waals surface area contributed by atoms with Crippen LogP contribution in [-0.2, 0) is 5.41 Å². The van der Waals surface area contributed by atoms with E-state index in [1.54, 1.807) is 0 Å². The number of para-hydroxylation sites is 2. The van der Waals surface area contributed by atoms with Crippen molar-refractivity contribution in [1.29, 1.82) is 0 Å². The normalized spacial score (nSPS) is 13.3. The maximum Gasteiger partial charge on any atom is 0.161 e. The number of hydrogen-bond donors (Lipinski definition) is 0. The van der Waals surface area contributed by atoms with Gasteiger partial charge in [-0.3, -0.25) is 4.98 Å². The van der Waals surface area contributed by atoms with Gasteiger partial charge in [0, 0.05) is 39.1 Å². The summed E-state index contributed by atoms with van der Waals surface area (Å²) < 4.78 is 0. The molecule has 45 heavy (non-hydrogen) atoms. The minimum absolute atomic E-state index is 0.185. The van der Waals surface area contributed by atoms with Crippen LogP contribution in [0.15, 0.2) is 140 Å². The Morgan fingerprint density at radius 1 is 0.489 bits per heavy atom. The van der Waals surface area contributed by atoms with Gasteiger partial charge in [-0.25, -0.2) is 9.97 Å². The molecule has 0 radical (unpaired) electrons. The lowest BCUT2D eigenvalue weighted by molar-refractivity contribution is 0.661. The van der Waals surface area contributed by atoms with E-state index in [0.29, 0.717) is 0 Å². The average molecular weight is 576 g/mol. The minimum Gasteiger partial charge on any atom is -0.256 e. The van der Waals surface area contributed by atoms with Gasteiger partial charge in [-0.1, -0.05) is 123 Å². The van der Waals surface area contributed by atoms with E-state index in [1.165, 1.54) is 33.2 Å². The van der Waals surface area contributed by atoms with E-state index in [-0.39, 0.29) is 5.41 Å². The molecule has 212 valence electrons. The zero-order valence-corrected chi connectivity index (χ0v) is 25.1. The lowest BCUT2D eigenvalue weighted by Crippen LogP contribution is -2.15. The zero-order chi connectivity index (χ0) is 30.1. The Kier molecular flexibility index (Phi) is 5.54. The van der Waals surface area contributed by atoms with Crippen molar-refractivity contribution >= 4 is 32.6 Å². The van der Waals surface area contributed by atoms with Gasteiger partial charge in [-0.05, 0) is 62.9 Å². The molecule has 1 aliphatic carbocycles. The second-order valence-electron chi connectivity index (χ2n) is 12.5. The van der Waals surface area contributed by atoms with Crippen molar-refractivity contribution in [3.8, 4) is 44.9 Å². The highest BCUT2D eigenvalue weighted by Crippen LogP contribution is 2.51. The Bertz CT molecular complexity index is 2460. The van der Waals surface area contributed by atoms with E-state index in [2.05, 4.69) is 141 Å². The van der Waals surface area contributed by atoms with E-state index < -0.39 is 0 Å². The SMILES string of the molecule is CC1(C)c2cc(-c3nc(-c4cccc5ccccc45)nc4ccccc34)ccc2-c2ccc(-c3cccc4cccnc34)cc21. The van der Waals surface area contributed by atoms with Crippen LogP contribution in [0.3, 0.4) is 0 Å². The quantitative estimate of drug-likeness (QED) is 0.210. The molecule has 8 aromatic rings. The summed E-state index contributed by atoms with van der Waals surface area (Å²) in [5.74, 6) is 0.747. The number of aromatic nitrogens is 3. The van der Waals surface area contributed by atoms with Crippen LogP contribution in [0.2, 0.25) is 0 Å². The van der Waals surface area contributed by atoms with Crippen LogP contribution in [0, 0.1) is 0 Å². The van der Waals surface area contributed by atoms with E-state index in [4.69, 9.17) is 15.0 Å². The molecule has 9 rings (SSSR count). The first kappa shape index (κ1) is 25.8. The first-order valence-corrected chi connectivity index (χ1v) is 15.5. The summed E-state index contributed by atoms with van der Waals surface area (Å²) in [5.41, 5.74) is 12.5. The van der Waals surface area contributed by atoms with Gasteiger partial charge < -0.3 is 0 Å². The molecule has 0 aliphatic heterocycles. The zero-order valence-electron chi connectivity index (χ0n) is 25.1. The molecule has 0 saturated carbocycles. The molecule has 1 aliphatic rings. The summed E-state index contributed by atoms with van der Waals surface area (Å²) in [4.78, 5) is 15.1. The van der Waals surface area contributed by atoms with E-state index in [0.717, 1.165) is 55.4 Å². The van der Waals surface area contributed by atoms with Crippen LogP contribution >= 0.6 is 0 Å². The predicted octanol–water partition coefficient (Wildman–Crippen LogP) is 10.6. The van der Waals surface area contributed by atoms with Crippen molar-refractivity contribution in [3.05, 3.63) is 151 Å². The van der Waals surface area contributed by atoms with Crippen molar-refractivity contribution in [2.45, 2.75) is 19.3 Å². The largest absolute Gasteiger partial charge is 0.256 e. The molecule has 0 unspecified atom stereocenters. The fraction of sp³-hybridized carbons (Fsp3) is 0.0714. The highest BCUT2D eigenvalue weighted by Gasteiger charge is 2.36. The van der Waals surface area contributed by atoms with Crippen LogP contribution in [0.25, 0.3) is 77.5 Å². The molecule has 6 aromatic carbocycles. The van der Waals surface area contributed by atoms with Crippen molar-refractivity contribution in [1.82, 2.24) is 15.0 Å². The van der Waals surface area contributed by atoms with Gasteiger partial charge in [0.1, 0.15) is 0 Å². The molecular formula is C42H29N3. The molecule has 0 N–H and O–H groups in total. The maximum atomic E-state index is 5.28. The van der Waals surface area contributed by atoms with E-state index in [1.807, 2.05) is 12.3 Å². The molecule has 3 heteroatoms. The van der Waals surface area contributed by atoms with Crippen molar-refractivity contribution in [2.75, 3.05) is 0 Å². The lowest BCUT2D eigenvalue weighted by atomic mass is 9.81. The van der Waals surface area contributed by atoms with Crippen LogP contribution in [0.4, 0.5) is 0 Å². The third kappa shape index (κ3) is 3.94. The molecule has 3 nitrogen and oxygen atoms in total. The molecule has 0 saturated heterocycles. The van der Waals surface area contributed by atoms with Gasteiger partial charge in [-0.2, -0.15) is 0 Å². The van der Waals surface area contributed by atoms with Crippen molar-refractivity contribution < 1.29 is 0 Å². The number of nitrogens with zero attached hydrogens (tertiary/aromatic N) is 3. The van der Waals surface area contributed by atoms with Gasteiger partial charge in [0.15, 0.2) is 5.82 Å². The smallest absolute Gasteiger partial charge is 0.161 e. The number of benzene rings is 6. The fourth-order valence-corrected chi connectivity index (χ4v) is 7.23. The highest BCUT2D eigenvalue weighted by molar-refractivity contribution is 5.99. The third-order valence-corrected chi connectivity index (χ3v) is 9.53. The molecule has 0 fully saturated rings. The topological polar surface area (TPSA) is 38.7 Å². The Labute approximate surface area is 261 Å². The number of hydrogen-bond acceptors (Lipinski definition) is 3. The second-order valence-corrected chi connectivity index (χ2v) is 12.5. The van der Waals surface area contributed by atoms with Gasteiger partial charge >= 0.3 is 0 Å². The van der Waals surface area contributed by atoms with Gasteiger partial charge in [-0.15, -0.1) is 0 Å². The van der Waals surface area contributed by atoms with Crippen LogP contribution in [0.5, 0.6) is 0 Å². The summed E-state index contributed by atoms with van der Waals surface area (Å²) in [6, 6.07) is 47.5. The third-order valence-electron chi connectivity index (χ3n) is 9.53. The first-order valence-electron chi connectivity index (χ1n) is 15.5. The summed E-state index contributed by atoms with van der Waals surface area (Å²) in [5, 5.41) is 4.55. The summed E-state index contributed by atoms with van der Waals surface area (Å²) in [6.45, 7) is 4.68. The van der Waals surface area contributed by atoms with Crippen LogP contribution < -0.4 is 0 Å². The van der Waals surface area contributed by atoms with Crippen LogP contribution in [-0.4, -0.2) is 15.0 Å². The van der Waals surface area contributed by atoms with Crippen LogP contribution in [0.1, 0.15) is 25.0 Å². The highest BCUT2D eigenvalue weighted by atomic mass is 14.9. The lowest BCUT2D eigenvalue weighted by Gasteiger charge is -2.23. The van der Waals surface area contributed by atoms with Crippen molar-refractivity contribution in [2.24, 2.45) is 0 Å². The molecule has 2 aromatic heterocycles. The van der Waals surface area contributed by atoms with E-state index >= 15 is 0 Å². The molecular weight excluding hydrogens is 546 g/mol. The Balaban J connectivity index is 1.20. The Hall–Kier alpha value is -5.67. The molecule has 0 spiro atoms. The fourth-order valence-electron chi connectivity index (χ4n) is 7.23. The van der Waals surface area contributed by atoms with Crippen molar-refractivity contribution in [3.63, 3.8) is 0 Å². The maximum absolute atomic E-state index is 5.28. The Morgan fingerprint density at radius 2 is 1.13 bits per heavy atom. The standard InChI is InChI=1S/C42H29N3/c1-42(2)36-24-28(31-16-8-12-27-13-9-23-43-39(27)31)19-21-32(36)33-22-20-29(25-37(33)42)40-35-15-5-6-18-38(35)44-41(45-40)34-17-7-11-26-10-3-4-14-30(26)34/h3-25H,1-2H3. The van der Waals surface area contributed by atoms with Gasteiger partial charge in [0.2, 0.25) is 0 Å². The number of pyridine rings is 1. The summed E-state index contributed by atoms with van der Waals surface area (Å²) in [6.07, 6.45) is 1.88. The Morgan fingerprint density at radius 3 is 1.98 bits per heavy atom. The summed E-state index contributed by atoms with van der Waals surface area (Å²) >= 11 is 0. The minimum atomic E-state index is -0.185. The first-order chi connectivity index (χ1) is 22.1. The molecule has 2 heterocycles. The molecule has 0 bridgehead atoms. The number of fused-ring (bicyclic) bond motifs is 6. The predicted molar refractivity (Wildman–Crippen MR) is 186 cm³/mol. The molecule has 0 atom stereocenters. The van der Waals surface area contributed by atoms with Gasteiger partial charge in [0.25, 0.3) is 0 Å². The van der Waals surface area contributed by atoms with E-state index in [9.17, 15) is 0 Å². The molecule has 0 amide bonds. The average Bonchev–Trinajstić information content (AvgIpc) is 3.32. The monoisotopic (exact) mass is 575 g/mol. The van der Waals surface area contributed by atoms with Gasteiger partial charge in [0.05, 0.1) is 16.7 Å². The number of rotatable bonds is 3. The summed E-state index contributed by atoms with van der Waals surface area (Å²) in [7, 11) is 0.